The summed E-state index contributed by atoms with van der Waals surface area (Å²) in [4.78, 5) is 14.3. The van der Waals surface area contributed by atoms with Gasteiger partial charge in [0, 0.05) is 26.7 Å². The van der Waals surface area contributed by atoms with E-state index in [1.807, 2.05) is 25.1 Å². The molecule has 2 heterocycles. The highest BCUT2D eigenvalue weighted by Gasteiger charge is 2.24. The summed E-state index contributed by atoms with van der Waals surface area (Å²) >= 11 is 1.60. The van der Waals surface area contributed by atoms with E-state index < -0.39 is 10.0 Å². The topological polar surface area (TPSA) is 75.3 Å². The van der Waals surface area contributed by atoms with Crippen LogP contribution < -0.4 is 10.0 Å². The molecule has 3 rings (SSSR count). The van der Waals surface area contributed by atoms with Crippen LogP contribution in [0.25, 0.3) is 11.6 Å². The number of benzene rings is 1. The van der Waals surface area contributed by atoms with Crippen LogP contribution in [0, 0.1) is 6.92 Å². The molecule has 2 aromatic rings. The zero-order chi connectivity index (χ0) is 15.9. The summed E-state index contributed by atoms with van der Waals surface area (Å²) in [6, 6.07) is 8.93. The van der Waals surface area contributed by atoms with Gasteiger partial charge in [0.2, 0.25) is 10.0 Å². The second-order valence-electron chi connectivity index (χ2n) is 5.10. The highest BCUT2D eigenvalue weighted by Crippen LogP contribution is 2.36. The Labute approximate surface area is 132 Å². The van der Waals surface area contributed by atoms with E-state index in [9.17, 15) is 13.2 Å². The Morgan fingerprint density at radius 2 is 2.00 bits per heavy atom. The standard InChI is InChI=1S/C15H14N2O3S2/c1-9-3-5-11(21-9)8-13-12-7-10(17-22(2,19)20)4-6-14(12)16-15(13)18/h3-8,17H,1-2H3,(H,16,18). The van der Waals surface area contributed by atoms with E-state index in [0.29, 0.717) is 22.5 Å². The molecule has 5 nitrogen and oxygen atoms in total. The molecule has 0 radical (unpaired) electrons. The molecule has 1 aromatic heterocycles. The lowest BCUT2D eigenvalue weighted by molar-refractivity contribution is -0.110. The summed E-state index contributed by atoms with van der Waals surface area (Å²) in [5.74, 6) is -0.183. The fourth-order valence-electron chi connectivity index (χ4n) is 2.28. The molecule has 1 aromatic carbocycles. The van der Waals surface area contributed by atoms with E-state index in [-0.39, 0.29) is 5.91 Å². The molecular formula is C15H14N2O3S2. The van der Waals surface area contributed by atoms with E-state index in [1.54, 1.807) is 29.5 Å². The van der Waals surface area contributed by atoms with Gasteiger partial charge in [-0.3, -0.25) is 9.52 Å². The van der Waals surface area contributed by atoms with E-state index in [4.69, 9.17) is 0 Å². The summed E-state index contributed by atoms with van der Waals surface area (Å²) in [6.07, 6.45) is 2.91. The van der Waals surface area contributed by atoms with E-state index in [0.717, 1.165) is 16.0 Å². The zero-order valence-corrected chi connectivity index (χ0v) is 13.6. The summed E-state index contributed by atoms with van der Waals surface area (Å²) in [6.45, 7) is 2.00. The first-order chi connectivity index (χ1) is 10.3. The second-order valence-corrected chi connectivity index (χ2v) is 8.16. The molecule has 0 atom stereocenters. The van der Waals surface area contributed by atoms with Crippen LogP contribution >= 0.6 is 11.3 Å². The third-order valence-electron chi connectivity index (χ3n) is 3.15. The van der Waals surface area contributed by atoms with Gasteiger partial charge in [-0.05, 0) is 43.3 Å². The molecule has 1 amide bonds. The van der Waals surface area contributed by atoms with Crippen LogP contribution in [0.15, 0.2) is 30.3 Å². The maximum Gasteiger partial charge on any atom is 0.256 e. The Balaban J connectivity index is 2.04. The molecule has 1 aliphatic rings. The number of thiophene rings is 1. The van der Waals surface area contributed by atoms with Gasteiger partial charge >= 0.3 is 0 Å². The average Bonchev–Trinajstić information content (AvgIpc) is 2.93. The van der Waals surface area contributed by atoms with E-state index >= 15 is 0 Å². The van der Waals surface area contributed by atoms with Crippen molar-refractivity contribution in [2.75, 3.05) is 16.3 Å². The van der Waals surface area contributed by atoms with Crippen molar-refractivity contribution < 1.29 is 13.2 Å². The molecule has 0 saturated heterocycles. The number of hydrogen-bond acceptors (Lipinski definition) is 4. The predicted octanol–water partition coefficient (Wildman–Crippen LogP) is 2.92. The van der Waals surface area contributed by atoms with Crippen molar-refractivity contribution in [3.05, 3.63) is 45.6 Å². The number of anilines is 2. The minimum absolute atomic E-state index is 0.183. The Hall–Kier alpha value is -2.12. The highest BCUT2D eigenvalue weighted by atomic mass is 32.2. The van der Waals surface area contributed by atoms with Crippen molar-refractivity contribution in [3.63, 3.8) is 0 Å². The van der Waals surface area contributed by atoms with Crippen LogP contribution in [0.1, 0.15) is 15.3 Å². The molecule has 0 spiro atoms. The van der Waals surface area contributed by atoms with Crippen LogP contribution in [0.3, 0.4) is 0 Å². The molecule has 22 heavy (non-hydrogen) atoms. The Morgan fingerprint density at radius 3 is 2.64 bits per heavy atom. The number of hydrogen-bond donors (Lipinski definition) is 2. The van der Waals surface area contributed by atoms with Gasteiger partial charge in [-0.1, -0.05) is 0 Å². The van der Waals surface area contributed by atoms with Gasteiger partial charge in [0.05, 0.1) is 11.8 Å². The molecule has 0 saturated carbocycles. The van der Waals surface area contributed by atoms with Crippen molar-refractivity contribution in [3.8, 4) is 0 Å². The van der Waals surface area contributed by atoms with E-state index in [1.165, 1.54) is 0 Å². The van der Waals surface area contributed by atoms with Gasteiger partial charge in [0.25, 0.3) is 5.91 Å². The number of nitrogens with one attached hydrogen (secondary N) is 2. The number of rotatable bonds is 3. The Kier molecular flexibility index (Phi) is 3.54. The minimum atomic E-state index is -3.35. The summed E-state index contributed by atoms with van der Waals surface area (Å²) in [7, 11) is -3.35. The second kappa shape index (κ2) is 5.26. The summed E-state index contributed by atoms with van der Waals surface area (Å²) in [5, 5.41) is 2.78. The van der Waals surface area contributed by atoms with Gasteiger partial charge < -0.3 is 5.32 Å². The van der Waals surface area contributed by atoms with Crippen molar-refractivity contribution in [2.45, 2.75) is 6.92 Å². The molecule has 0 unspecified atom stereocenters. The number of carbonyl (C=O) groups excluding carboxylic acids is 1. The van der Waals surface area contributed by atoms with Crippen LogP contribution in [-0.2, 0) is 14.8 Å². The third kappa shape index (κ3) is 3.05. The number of amides is 1. The normalized spacial score (nSPS) is 15.7. The molecule has 2 N–H and O–H groups in total. The largest absolute Gasteiger partial charge is 0.321 e. The van der Waals surface area contributed by atoms with Crippen molar-refractivity contribution in [2.24, 2.45) is 0 Å². The number of aryl methyl sites for hydroxylation is 1. The van der Waals surface area contributed by atoms with Crippen LogP contribution in [0.5, 0.6) is 0 Å². The molecule has 7 heteroatoms. The van der Waals surface area contributed by atoms with Gasteiger partial charge in [-0.15, -0.1) is 11.3 Å². The van der Waals surface area contributed by atoms with Crippen LogP contribution in [0.4, 0.5) is 11.4 Å². The lowest BCUT2D eigenvalue weighted by atomic mass is 10.1. The van der Waals surface area contributed by atoms with Crippen molar-refractivity contribution >= 4 is 50.3 Å². The van der Waals surface area contributed by atoms with Gasteiger partial charge in [0.15, 0.2) is 0 Å². The summed E-state index contributed by atoms with van der Waals surface area (Å²) in [5.41, 5.74) is 2.35. The van der Waals surface area contributed by atoms with Gasteiger partial charge in [-0.2, -0.15) is 0 Å². The maximum absolute atomic E-state index is 12.1. The molecule has 0 bridgehead atoms. The van der Waals surface area contributed by atoms with Crippen molar-refractivity contribution in [1.82, 2.24) is 0 Å². The smallest absolute Gasteiger partial charge is 0.256 e. The molecular weight excluding hydrogens is 320 g/mol. The molecule has 1 aliphatic heterocycles. The predicted molar refractivity (Wildman–Crippen MR) is 90.5 cm³/mol. The SMILES string of the molecule is Cc1ccc(C=C2C(=O)Nc3ccc(NS(C)(=O)=O)cc32)s1. The number of sulfonamides is 1. The highest BCUT2D eigenvalue weighted by molar-refractivity contribution is 7.92. The molecule has 0 fully saturated rings. The number of carbonyl (C=O) groups is 1. The molecule has 114 valence electrons. The lowest BCUT2D eigenvalue weighted by Gasteiger charge is -2.06. The maximum atomic E-state index is 12.1. The first-order valence-electron chi connectivity index (χ1n) is 6.53. The van der Waals surface area contributed by atoms with Crippen LogP contribution in [-0.4, -0.2) is 20.6 Å². The minimum Gasteiger partial charge on any atom is -0.321 e. The first-order valence-corrected chi connectivity index (χ1v) is 9.24. The fourth-order valence-corrected chi connectivity index (χ4v) is 3.66. The lowest BCUT2D eigenvalue weighted by Crippen LogP contribution is -2.09. The monoisotopic (exact) mass is 334 g/mol. The van der Waals surface area contributed by atoms with E-state index in [2.05, 4.69) is 10.0 Å². The summed E-state index contributed by atoms with van der Waals surface area (Å²) < 4.78 is 25.1. The van der Waals surface area contributed by atoms with Crippen LogP contribution in [0.2, 0.25) is 0 Å². The first kappa shape index (κ1) is 14.8. The Bertz CT molecular complexity index is 895. The quantitative estimate of drug-likeness (QED) is 0.848. The van der Waals surface area contributed by atoms with Crippen molar-refractivity contribution in [1.29, 1.82) is 0 Å². The molecule has 0 aliphatic carbocycles. The number of fused-ring (bicyclic) bond motifs is 1. The Morgan fingerprint density at radius 1 is 1.23 bits per heavy atom. The van der Waals surface area contributed by atoms with Gasteiger partial charge in [-0.25, -0.2) is 8.42 Å². The zero-order valence-electron chi connectivity index (χ0n) is 12.0. The fraction of sp³-hybridized carbons (Fsp3) is 0.133. The van der Waals surface area contributed by atoms with Gasteiger partial charge in [0.1, 0.15) is 0 Å². The third-order valence-corrected chi connectivity index (χ3v) is 4.71. The average molecular weight is 334 g/mol.